The molecule has 0 heterocycles. The molecule has 7 heteroatoms. The van der Waals surface area contributed by atoms with Gasteiger partial charge in [-0.05, 0) is 87.5 Å². The Labute approximate surface area is 328 Å². The zero-order valence-electron chi connectivity index (χ0n) is 33.4. The van der Waals surface area contributed by atoms with E-state index in [2.05, 4.69) is 61.6 Å². The van der Waals surface area contributed by atoms with Gasteiger partial charge in [-0.25, -0.2) is 0 Å². The molecule has 2 aliphatic carbocycles. The van der Waals surface area contributed by atoms with Crippen LogP contribution in [0.5, 0.6) is 0 Å². The minimum Gasteiger partial charge on any atom is -0.456 e. The number of ether oxygens (including phenoxy) is 1. The van der Waals surface area contributed by atoms with Gasteiger partial charge in [0.05, 0.1) is 12.2 Å². The standard InChI is InChI=1S/C46H74ClNO5/c1-3-46(33-25-34-46)43(50)31-24-30-40-39(41(47)36-42(40)49)29-21-14-15-22-32-45(52)53-37-44(51)48(2)35-23-16-12-10-8-6-4-5-7-9-11-13-18-26-38-27-19-17-20-28-38/h14,17,19-21,24,27-28,30,39-43,49-50H,3-13,15-16,18,22-23,25-26,29,31-37H2,1-2H3/b21-14-,30-24+/t39-,40-,41-,42-,43+/m1/s1. The van der Waals surface area contributed by atoms with Gasteiger partial charge in [-0.2, -0.15) is 0 Å². The summed E-state index contributed by atoms with van der Waals surface area (Å²) in [4.78, 5) is 26.4. The number of aliphatic hydroxyl groups excluding tert-OH is 2. The normalized spacial score (nSPS) is 21.6. The highest BCUT2D eigenvalue weighted by molar-refractivity contribution is 6.21. The number of halogens is 1. The Morgan fingerprint density at radius 1 is 0.906 bits per heavy atom. The first-order valence-corrected chi connectivity index (χ1v) is 21.9. The number of benzene rings is 1. The number of alkyl halides is 1. The molecule has 1 amide bonds. The number of rotatable bonds is 29. The monoisotopic (exact) mass is 756 g/mol. The van der Waals surface area contributed by atoms with Crippen LogP contribution in [0.15, 0.2) is 54.6 Å². The Balaban J connectivity index is 1.12. The lowest BCUT2D eigenvalue weighted by Gasteiger charge is -2.45. The van der Waals surface area contributed by atoms with E-state index in [4.69, 9.17) is 16.3 Å². The Kier molecular flexibility index (Phi) is 22.7. The van der Waals surface area contributed by atoms with Crippen molar-refractivity contribution in [3.8, 4) is 0 Å². The third kappa shape index (κ3) is 17.5. The van der Waals surface area contributed by atoms with Crippen LogP contribution in [0, 0.1) is 17.3 Å². The minimum absolute atomic E-state index is 0.0139. The number of hydrogen-bond acceptors (Lipinski definition) is 5. The van der Waals surface area contributed by atoms with Gasteiger partial charge in [-0.1, -0.05) is 139 Å². The van der Waals surface area contributed by atoms with Crippen LogP contribution in [-0.2, 0) is 20.7 Å². The molecule has 53 heavy (non-hydrogen) atoms. The third-order valence-corrected chi connectivity index (χ3v) is 12.8. The molecule has 6 nitrogen and oxygen atoms in total. The maximum Gasteiger partial charge on any atom is 0.306 e. The van der Waals surface area contributed by atoms with E-state index in [1.54, 1.807) is 11.9 Å². The fraction of sp³-hybridized carbons (Fsp3) is 0.739. The molecule has 2 fully saturated rings. The lowest BCUT2D eigenvalue weighted by Crippen LogP contribution is -2.40. The maximum atomic E-state index is 12.5. The van der Waals surface area contributed by atoms with Crippen molar-refractivity contribution in [2.75, 3.05) is 20.2 Å². The van der Waals surface area contributed by atoms with Crippen molar-refractivity contribution in [2.24, 2.45) is 17.3 Å². The van der Waals surface area contributed by atoms with Gasteiger partial charge in [0.1, 0.15) is 0 Å². The second-order valence-electron chi connectivity index (χ2n) is 16.2. The van der Waals surface area contributed by atoms with Crippen LogP contribution in [0.4, 0.5) is 0 Å². The molecule has 0 radical (unpaired) electrons. The van der Waals surface area contributed by atoms with Crippen LogP contribution < -0.4 is 0 Å². The Morgan fingerprint density at radius 3 is 2.13 bits per heavy atom. The molecule has 5 atom stereocenters. The summed E-state index contributed by atoms with van der Waals surface area (Å²) in [6.07, 6.45) is 33.5. The first-order chi connectivity index (χ1) is 25.8. The van der Waals surface area contributed by atoms with Gasteiger partial charge in [-0.3, -0.25) is 9.59 Å². The molecule has 1 aromatic carbocycles. The molecule has 2 saturated carbocycles. The van der Waals surface area contributed by atoms with E-state index in [9.17, 15) is 19.8 Å². The summed E-state index contributed by atoms with van der Waals surface area (Å²) in [5.41, 5.74) is 1.54. The van der Waals surface area contributed by atoms with Gasteiger partial charge in [-0.15, -0.1) is 11.6 Å². The predicted octanol–water partition coefficient (Wildman–Crippen LogP) is 10.9. The van der Waals surface area contributed by atoms with Crippen LogP contribution in [-0.4, -0.2) is 64.8 Å². The number of amides is 1. The van der Waals surface area contributed by atoms with Crippen molar-refractivity contribution in [1.82, 2.24) is 4.90 Å². The summed E-state index contributed by atoms with van der Waals surface area (Å²) in [7, 11) is 1.79. The number of carbonyl (C=O) groups excluding carboxylic acids is 2. The van der Waals surface area contributed by atoms with Gasteiger partial charge in [0.2, 0.25) is 0 Å². The minimum atomic E-state index is -0.462. The number of aliphatic hydroxyl groups is 2. The molecule has 0 bridgehead atoms. The highest BCUT2D eigenvalue weighted by Gasteiger charge is 2.42. The van der Waals surface area contributed by atoms with E-state index in [1.807, 2.05) is 0 Å². The lowest BCUT2D eigenvalue weighted by molar-refractivity contribution is -0.151. The molecular weight excluding hydrogens is 682 g/mol. The number of hydrogen-bond donors (Lipinski definition) is 2. The lowest BCUT2D eigenvalue weighted by atomic mass is 9.63. The zero-order chi connectivity index (χ0) is 38.2. The average molecular weight is 757 g/mol. The van der Waals surface area contributed by atoms with Crippen LogP contribution in [0.25, 0.3) is 0 Å². The van der Waals surface area contributed by atoms with E-state index in [1.165, 1.54) is 89.0 Å². The number of nitrogens with zero attached hydrogens (tertiary/aromatic N) is 1. The predicted molar refractivity (Wildman–Crippen MR) is 220 cm³/mol. The average Bonchev–Trinajstić information content (AvgIpc) is 3.40. The number of aryl methyl sites for hydroxylation is 1. The van der Waals surface area contributed by atoms with Crippen molar-refractivity contribution < 1.29 is 24.5 Å². The van der Waals surface area contributed by atoms with Crippen LogP contribution >= 0.6 is 11.6 Å². The van der Waals surface area contributed by atoms with Crippen molar-refractivity contribution in [1.29, 1.82) is 0 Å². The Morgan fingerprint density at radius 2 is 1.53 bits per heavy atom. The molecule has 300 valence electrons. The smallest absolute Gasteiger partial charge is 0.306 e. The molecule has 2 aliphatic rings. The summed E-state index contributed by atoms with van der Waals surface area (Å²) in [6, 6.07) is 10.8. The zero-order valence-corrected chi connectivity index (χ0v) is 34.2. The van der Waals surface area contributed by atoms with Gasteiger partial charge in [0.15, 0.2) is 6.61 Å². The van der Waals surface area contributed by atoms with E-state index < -0.39 is 6.10 Å². The van der Waals surface area contributed by atoms with Gasteiger partial charge < -0.3 is 19.8 Å². The second kappa shape index (κ2) is 26.6. The number of carbonyl (C=O) groups is 2. The quantitative estimate of drug-likeness (QED) is 0.0368. The Bertz CT molecular complexity index is 1180. The van der Waals surface area contributed by atoms with Gasteiger partial charge >= 0.3 is 5.97 Å². The highest BCUT2D eigenvalue weighted by Crippen LogP contribution is 2.48. The molecule has 0 aromatic heterocycles. The van der Waals surface area contributed by atoms with Crippen molar-refractivity contribution >= 4 is 23.5 Å². The molecule has 0 saturated heterocycles. The Hall–Kier alpha value is -2.15. The molecule has 0 spiro atoms. The highest BCUT2D eigenvalue weighted by atomic mass is 35.5. The summed E-state index contributed by atoms with van der Waals surface area (Å²) in [6.45, 7) is 2.68. The van der Waals surface area contributed by atoms with E-state index in [0.29, 0.717) is 25.8 Å². The fourth-order valence-electron chi connectivity index (χ4n) is 8.28. The van der Waals surface area contributed by atoms with E-state index in [-0.39, 0.29) is 53.6 Å². The molecule has 3 rings (SSSR count). The van der Waals surface area contributed by atoms with Gasteiger partial charge in [0, 0.05) is 31.3 Å². The SMILES string of the molecule is CCC1([C@@H](O)C/C=C/[C@@H]2[C@@H](C/C=C\CCCC(=O)OCC(=O)N(C)CCCCCCCCCCCCCCCc3ccccc3)[C@H](Cl)C[C@H]2O)CCC1. The summed E-state index contributed by atoms with van der Waals surface area (Å²) >= 11 is 6.63. The fourth-order valence-corrected chi connectivity index (χ4v) is 8.74. The van der Waals surface area contributed by atoms with Crippen molar-refractivity contribution in [3.05, 3.63) is 60.2 Å². The number of likely N-dealkylation sites (N-methyl/N-ethyl adjacent to an activating group) is 1. The number of allylic oxidation sites excluding steroid dienone is 2. The second-order valence-corrected chi connectivity index (χ2v) is 16.8. The summed E-state index contributed by atoms with van der Waals surface area (Å²) < 4.78 is 5.26. The molecular formula is C46H74ClNO5. The maximum absolute atomic E-state index is 12.5. The number of esters is 1. The van der Waals surface area contributed by atoms with Crippen molar-refractivity contribution in [3.63, 3.8) is 0 Å². The first-order valence-electron chi connectivity index (χ1n) is 21.5. The first kappa shape index (κ1) is 45.2. The van der Waals surface area contributed by atoms with Crippen LogP contribution in [0.3, 0.4) is 0 Å². The van der Waals surface area contributed by atoms with E-state index >= 15 is 0 Å². The molecule has 2 N–H and O–H groups in total. The number of unbranched alkanes of at least 4 members (excludes halogenated alkanes) is 13. The van der Waals surface area contributed by atoms with Crippen LogP contribution in [0.1, 0.15) is 160 Å². The molecule has 0 aliphatic heterocycles. The topological polar surface area (TPSA) is 87.1 Å². The third-order valence-electron chi connectivity index (χ3n) is 12.3. The van der Waals surface area contributed by atoms with Crippen molar-refractivity contribution in [2.45, 2.75) is 179 Å². The summed E-state index contributed by atoms with van der Waals surface area (Å²) in [5, 5.41) is 21.3. The van der Waals surface area contributed by atoms with E-state index in [0.717, 1.165) is 44.9 Å². The molecule has 1 aromatic rings. The largest absolute Gasteiger partial charge is 0.456 e. The molecule has 0 unspecified atom stereocenters. The summed E-state index contributed by atoms with van der Waals surface area (Å²) in [5.74, 6) is -0.350. The van der Waals surface area contributed by atoms with Crippen LogP contribution in [0.2, 0.25) is 0 Å². The van der Waals surface area contributed by atoms with Gasteiger partial charge in [0.25, 0.3) is 5.91 Å².